The summed E-state index contributed by atoms with van der Waals surface area (Å²) in [4.78, 5) is 14.5. The number of hydrogen-bond acceptors (Lipinski definition) is 5. The minimum absolute atomic E-state index is 0.0726. The Kier molecular flexibility index (Phi) is 4.48. The second-order valence-electron chi connectivity index (χ2n) is 11.4. The zero-order valence-corrected chi connectivity index (χ0v) is 25.1. The number of para-hydroxylation sites is 2. The highest BCUT2D eigenvalue weighted by molar-refractivity contribution is 6.16. The fourth-order valence-electron chi connectivity index (χ4n) is 6.54. The second-order valence-corrected chi connectivity index (χ2v) is 11.4. The van der Waals surface area contributed by atoms with Gasteiger partial charge in [0.05, 0.1) is 9.60 Å². The standard InChI is InChI=1S/C43H25N3O2/c1-2-11-26(12-3-1)41-44-42(27-21-24-38-35(25-27)31-15-6-8-18-36(31)47-38)46-43(45-41)33-23-22-30(28-13-4-5-14-29(28)33)32-17-10-20-39-40(32)34-16-7-9-19-37(34)48-39/h1-25H/i1D,2D,3D,7D,11D,12D,17D. The molecule has 0 N–H and O–H groups in total. The summed E-state index contributed by atoms with van der Waals surface area (Å²) in [5.74, 6) is 0.390. The predicted octanol–water partition coefficient (Wildman–Crippen LogP) is 11.5. The highest BCUT2D eigenvalue weighted by Gasteiger charge is 2.19. The van der Waals surface area contributed by atoms with Gasteiger partial charge < -0.3 is 8.83 Å². The number of aromatic nitrogens is 3. The van der Waals surface area contributed by atoms with Crippen molar-refractivity contribution in [3.63, 3.8) is 0 Å². The SMILES string of the molecule is [2H]c1ccc2oc3ccc([2H])c(-c4ccc(-c5nc(-c6ccc7oc8ccccc8c7c6)nc(-c6c([2H])c([2H])c([2H])c([2H])c6[2H])n5)c5ccccc45)c3c2c1. The van der Waals surface area contributed by atoms with E-state index in [9.17, 15) is 0 Å². The molecule has 0 bridgehead atoms. The van der Waals surface area contributed by atoms with E-state index in [1.165, 1.54) is 0 Å². The molecule has 0 atom stereocenters. The smallest absolute Gasteiger partial charge is 0.164 e. The van der Waals surface area contributed by atoms with Crippen molar-refractivity contribution >= 4 is 54.6 Å². The van der Waals surface area contributed by atoms with E-state index in [1.54, 1.807) is 30.3 Å². The Bertz CT molecular complexity index is 3240. The van der Waals surface area contributed by atoms with Crippen LogP contribution in [0.15, 0.2) is 160 Å². The van der Waals surface area contributed by atoms with E-state index in [4.69, 9.17) is 33.4 Å². The molecule has 0 spiro atoms. The van der Waals surface area contributed by atoms with E-state index >= 15 is 0 Å². The van der Waals surface area contributed by atoms with Gasteiger partial charge in [-0.3, -0.25) is 0 Å². The first-order valence-corrected chi connectivity index (χ1v) is 15.4. The first-order valence-electron chi connectivity index (χ1n) is 18.9. The van der Waals surface area contributed by atoms with Gasteiger partial charge in [-0.05, 0) is 64.4 Å². The summed E-state index contributed by atoms with van der Waals surface area (Å²) in [5, 5.41) is 4.80. The lowest BCUT2D eigenvalue weighted by Crippen LogP contribution is -2.00. The fourth-order valence-corrected chi connectivity index (χ4v) is 6.54. The van der Waals surface area contributed by atoms with E-state index in [1.807, 2.05) is 78.9 Å². The largest absolute Gasteiger partial charge is 0.456 e. The maximum Gasteiger partial charge on any atom is 0.164 e. The number of furan rings is 2. The second kappa shape index (κ2) is 10.5. The van der Waals surface area contributed by atoms with Gasteiger partial charge >= 0.3 is 0 Å². The molecular formula is C43H25N3O2. The first-order chi connectivity index (χ1) is 26.7. The van der Waals surface area contributed by atoms with Crippen molar-refractivity contribution < 1.29 is 18.4 Å². The van der Waals surface area contributed by atoms with Crippen molar-refractivity contribution in [1.29, 1.82) is 0 Å². The average molecular weight is 623 g/mol. The summed E-state index contributed by atoms with van der Waals surface area (Å²) >= 11 is 0. The Morgan fingerprint density at radius 2 is 1.04 bits per heavy atom. The van der Waals surface area contributed by atoms with Crippen LogP contribution in [0.1, 0.15) is 9.60 Å². The minimum Gasteiger partial charge on any atom is -0.456 e. The predicted molar refractivity (Wildman–Crippen MR) is 194 cm³/mol. The summed E-state index contributed by atoms with van der Waals surface area (Å²) < 4.78 is 72.1. The van der Waals surface area contributed by atoms with Crippen molar-refractivity contribution in [3.8, 4) is 45.3 Å². The molecule has 0 saturated heterocycles. The summed E-state index contributed by atoms with van der Waals surface area (Å²) in [5.41, 5.74) is 5.14. The van der Waals surface area contributed by atoms with Crippen LogP contribution in [0.2, 0.25) is 0 Å². The molecule has 0 aliphatic carbocycles. The molecule has 0 aliphatic heterocycles. The van der Waals surface area contributed by atoms with Crippen LogP contribution in [0, 0.1) is 0 Å². The lowest BCUT2D eigenvalue weighted by Gasteiger charge is -2.13. The third kappa shape index (κ3) is 4.15. The monoisotopic (exact) mass is 622 g/mol. The van der Waals surface area contributed by atoms with Crippen molar-refractivity contribution in [2.75, 3.05) is 0 Å². The molecule has 0 unspecified atom stereocenters. The third-order valence-electron chi connectivity index (χ3n) is 8.70. The van der Waals surface area contributed by atoms with Gasteiger partial charge in [0.15, 0.2) is 17.5 Å². The van der Waals surface area contributed by atoms with E-state index in [2.05, 4.69) is 0 Å². The Balaban J connectivity index is 1.24. The quantitative estimate of drug-likeness (QED) is 0.195. The van der Waals surface area contributed by atoms with Crippen molar-refractivity contribution in [1.82, 2.24) is 15.0 Å². The molecule has 0 amide bonds. The lowest BCUT2D eigenvalue weighted by molar-refractivity contribution is 0.668. The van der Waals surface area contributed by atoms with Gasteiger partial charge in [-0.2, -0.15) is 0 Å². The molecule has 10 aromatic rings. The molecule has 224 valence electrons. The molecule has 7 aromatic carbocycles. The maximum absolute atomic E-state index is 9.08. The highest BCUT2D eigenvalue weighted by atomic mass is 16.3. The Hall–Kier alpha value is -6.59. The van der Waals surface area contributed by atoms with Crippen LogP contribution in [-0.4, -0.2) is 15.0 Å². The summed E-state index contributed by atoms with van der Waals surface area (Å²) in [6.07, 6.45) is 0. The summed E-state index contributed by atoms with van der Waals surface area (Å²) in [7, 11) is 0. The summed E-state index contributed by atoms with van der Waals surface area (Å²) in [6, 6.07) is 31.7. The Morgan fingerprint density at radius 3 is 1.92 bits per heavy atom. The van der Waals surface area contributed by atoms with Gasteiger partial charge in [0.25, 0.3) is 0 Å². The lowest BCUT2D eigenvalue weighted by atomic mass is 9.92. The van der Waals surface area contributed by atoms with E-state index in [-0.39, 0.29) is 29.1 Å². The average Bonchev–Trinajstić information content (AvgIpc) is 3.76. The highest BCUT2D eigenvalue weighted by Crippen LogP contribution is 2.41. The van der Waals surface area contributed by atoms with Gasteiger partial charge in [0.1, 0.15) is 22.3 Å². The van der Waals surface area contributed by atoms with Crippen LogP contribution in [0.3, 0.4) is 0 Å². The summed E-state index contributed by atoms with van der Waals surface area (Å²) in [6.45, 7) is 0. The number of rotatable bonds is 4. The van der Waals surface area contributed by atoms with Gasteiger partial charge in [-0.1, -0.05) is 109 Å². The van der Waals surface area contributed by atoms with Crippen LogP contribution >= 0.6 is 0 Å². The Labute approximate surface area is 284 Å². The molecule has 0 radical (unpaired) electrons. The topological polar surface area (TPSA) is 65.0 Å². The Morgan fingerprint density at radius 1 is 0.396 bits per heavy atom. The normalized spacial score (nSPS) is 13.8. The molecule has 0 aliphatic rings. The van der Waals surface area contributed by atoms with Crippen LogP contribution in [-0.2, 0) is 0 Å². The molecule has 3 heterocycles. The van der Waals surface area contributed by atoms with Gasteiger partial charge in [0, 0.05) is 38.2 Å². The molecule has 0 saturated carbocycles. The van der Waals surface area contributed by atoms with E-state index in [0.29, 0.717) is 39.5 Å². The third-order valence-corrected chi connectivity index (χ3v) is 8.70. The van der Waals surface area contributed by atoms with E-state index in [0.717, 1.165) is 43.5 Å². The zero-order valence-electron chi connectivity index (χ0n) is 32.1. The van der Waals surface area contributed by atoms with Gasteiger partial charge in [-0.15, -0.1) is 0 Å². The molecular weight excluding hydrogens is 590 g/mol. The fraction of sp³-hybridized carbons (Fsp3) is 0. The van der Waals surface area contributed by atoms with Crippen molar-refractivity contribution in [3.05, 3.63) is 151 Å². The molecule has 5 nitrogen and oxygen atoms in total. The van der Waals surface area contributed by atoms with Crippen LogP contribution in [0.5, 0.6) is 0 Å². The van der Waals surface area contributed by atoms with Crippen molar-refractivity contribution in [2.24, 2.45) is 0 Å². The minimum atomic E-state index is -0.514. The molecule has 48 heavy (non-hydrogen) atoms. The van der Waals surface area contributed by atoms with Gasteiger partial charge in [-0.25, -0.2) is 15.0 Å². The van der Waals surface area contributed by atoms with Gasteiger partial charge in [0.2, 0.25) is 0 Å². The number of benzene rings is 7. The number of fused-ring (bicyclic) bond motifs is 7. The van der Waals surface area contributed by atoms with Crippen LogP contribution in [0.25, 0.3) is 99.9 Å². The van der Waals surface area contributed by atoms with Crippen LogP contribution in [0.4, 0.5) is 0 Å². The van der Waals surface area contributed by atoms with E-state index < -0.39 is 30.2 Å². The van der Waals surface area contributed by atoms with Crippen LogP contribution < -0.4 is 0 Å². The zero-order chi connectivity index (χ0) is 37.7. The number of hydrogen-bond donors (Lipinski definition) is 0. The molecule has 0 fully saturated rings. The molecule has 3 aromatic heterocycles. The van der Waals surface area contributed by atoms with Crippen molar-refractivity contribution in [2.45, 2.75) is 0 Å². The first kappa shape index (κ1) is 20.5. The molecule has 5 heteroatoms. The molecule has 10 rings (SSSR count). The number of nitrogens with zero attached hydrogens (tertiary/aromatic N) is 3. The maximum atomic E-state index is 9.08.